The maximum Gasteiger partial charge on any atom is 0.341 e. The van der Waals surface area contributed by atoms with Crippen molar-refractivity contribution in [2.45, 2.75) is 50.9 Å². The highest BCUT2D eigenvalue weighted by atomic mass is 19.1. The van der Waals surface area contributed by atoms with Crippen LogP contribution in [0.5, 0.6) is 5.75 Å². The highest BCUT2D eigenvalue weighted by molar-refractivity contribution is 5.76. The topological polar surface area (TPSA) is 105 Å². The number of aliphatic carboxylic acids is 1. The summed E-state index contributed by atoms with van der Waals surface area (Å²) in [5, 5.41) is 21.1. The molecule has 0 aromatic heterocycles. The maximum atomic E-state index is 13.5. The van der Waals surface area contributed by atoms with E-state index in [1.54, 1.807) is 18.2 Å². The normalized spacial score (nSPS) is 22.9. The zero-order valence-corrected chi connectivity index (χ0v) is 18.1. The second-order valence-corrected chi connectivity index (χ2v) is 8.38. The molecular formula is C24H28FNO6. The quantitative estimate of drug-likeness (QED) is 0.575. The van der Waals surface area contributed by atoms with Gasteiger partial charge in [-0.1, -0.05) is 23.8 Å². The first-order valence-electron chi connectivity index (χ1n) is 10.5. The number of hydrogen-bond acceptors (Lipinski definition) is 5. The van der Waals surface area contributed by atoms with Crippen molar-refractivity contribution in [3.63, 3.8) is 0 Å². The molecule has 2 aromatic rings. The summed E-state index contributed by atoms with van der Waals surface area (Å²) in [6.45, 7) is 3.07. The molecule has 1 fully saturated rings. The van der Waals surface area contributed by atoms with Crippen molar-refractivity contribution in [1.82, 2.24) is 5.32 Å². The fraction of sp³-hybridized carbons (Fsp3) is 0.417. The minimum Gasteiger partial charge on any atom is -0.482 e. The first kappa shape index (κ1) is 23.7. The van der Waals surface area contributed by atoms with E-state index in [0.717, 1.165) is 11.1 Å². The lowest BCUT2D eigenvalue weighted by Gasteiger charge is -2.43. The molecule has 0 saturated carbocycles. The molecule has 3 atom stereocenters. The fourth-order valence-corrected chi connectivity index (χ4v) is 4.05. The standard InChI is InChI=1S/C24H28FNO6/c1-15-3-8-19(31-14-23(29)30)18(11-15)21-13-24(2,26-22(28)9-10-27)12-20(32-21)16-4-6-17(25)7-5-16/h3-8,11,20-21,27H,9-10,12-14H2,1-2H3,(H,26,28)(H,29,30)/t20-,21+,24+/m0/s1. The summed E-state index contributed by atoms with van der Waals surface area (Å²) >= 11 is 0. The number of carbonyl (C=O) groups excluding carboxylic acids is 1. The van der Waals surface area contributed by atoms with Crippen LogP contribution >= 0.6 is 0 Å². The monoisotopic (exact) mass is 445 g/mol. The van der Waals surface area contributed by atoms with Gasteiger partial charge in [-0.25, -0.2) is 9.18 Å². The van der Waals surface area contributed by atoms with Gasteiger partial charge in [-0.2, -0.15) is 0 Å². The number of amides is 1. The molecule has 0 unspecified atom stereocenters. The van der Waals surface area contributed by atoms with E-state index in [1.807, 2.05) is 26.0 Å². The van der Waals surface area contributed by atoms with Crippen molar-refractivity contribution < 1.29 is 33.7 Å². The molecule has 32 heavy (non-hydrogen) atoms. The molecule has 1 aliphatic rings. The third-order valence-electron chi connectivity index (χ3n) is 5.49. The van der Waals surface area contributed by atoms with Crippen LogP contribution in [0.15, 0.2) is 42.5 Å². The van der Waals surface area contributed by atoms with Crippen LogP contribution in [0.25, 0.3) is 0 Å². The first-order valence-corrected chi connectivity index (χ1v) is 10.5. The number of carboxylic acids is 1. The van der Waals surface area contributed by atoms with Crippen LogP contribution < -0.4 is 10.1 Å². The minimum absolute atomic E-state index is 0.0141. The number of hydrogen-bond donors (Lipinski definition) is 3. The van der Waals surface area contributed by atoms with Crippen LogP contribution in [0.2, 0.25) is 0 Å². The van der Waals surface area contributed by atoms with Crippen LogP contribution in [0.1, 0.15) is 55.1 Å². The molecule has 1 heterocycles. The maximum absolute atomic E-state index is 13.5. The molecule has 1 aliphatic heterocycles. The van der Waals surface area contributed by atoms with Gasteiger partial charge in [-0.05, 0) is 43.7 Å². The number of ether oxygens (including phenoxy) is 2. The van der Waals surface area contributed by atoms with E-state index < -0.39 is 30.3 Å². The number of benzene rings is 2. The van der Waals surface area contributed by atoms with Gasteiger partial charge in [0.1, 0.15) is 11.6 Å². The summed E-state index contributed by atoms with van der Waals surface area (Å²) < 4.78 is 25.4. The van der Waals surface area contributed by atoms with Gasteiger partial charge in [0.2, 0.25) is 5.91 Å². The summed E-state index contributed by atoms with van der Waals surface area (Å²) in [7, 11) is 0. The minimum atomic E-state index is -1.09. The second kappa shape index (κ2) is 10.1. The molecule has 3 N–H and O–H groups in total. The lowest BCUT2D eigenvalue weighted by molar-refractivity contribution is -0.139. The Bertz CT molecular complexity index is 963. The third-order valence-corrected chi connectivity index (χ3v) is 5.49. The van der Waals surface area contributed by atoms with Crippen LogP contribution in [-0.4, -0.2) is 40.8 Å². The number of nitrogens with one attached hydrogen (secondary N) is 1. The number of aliphatic hydroxyl groups is 1. The first-order chi connectivity index (χ1) is 15.2. The third kappa shape index (κ3) is 6.05. The molecule has 0 bridgehead atoms. The average Bonchev–Trinajstić information content (AvgIpc) is 2.72. The van der Waals surface area contributed by atoms with Gasteiger partial charge in [0, 0.05) is 30.4 Å². The smallest absolute Gasteiger partial charge is 0.341 e. The van der Waals surface area contributed by atoms with Crippen molar-refractivity contribution in [2.24, 2.45) is 0 Å². The highest BCUT2D eigenvalue weighted by Gasteiger charge is 2.41. The van der Waals surface area contributed by atoms with E-state index in [1.165, 1.54) is 12.1 Å². The van der Waals surface area contributed by atoms with Gasteiger partial charge >= 0.3 is 5.97 Å². The SMILES string of the molecule is Cc1ccc(OCC(=O)O)c([C@H]2C[C@](C)(NC(=O)CCO)C[C@@H](c3ccc(F)cc3)O2)c1. The van der Waals surface area contributed by atoms with Crippen molar-refractivity contribution in [2.75, 3.05) is 13.2 Å². The zero-order chi connectivity index (χ0) is 23.3. The Hall–Kier alpha value is -2.97. The molecule has 1 amide bonds. The number of rotatable bonds is 8. The second-order valence-electron chi connectivity index (χ2n) is 8.38. The van der Waals surface area contributed by atoms with E-state index >= 15 is 0 Å². The Labute approximate surface area is 186 Å². The van der Waals surface area contributed by atoms with Crippen LogP contribution in [0.3, 0.4) is 0 Å². The predicted molar refractivity (Wildman–Crippen MR) is 115 cm³/mol. The molecule has 1 saturated heterocycles. The lowest BCUT2D eigenvalue weighted by atomic mass is 9.81. The van der Waals surface area contributed by atoms with Crippen molar-refractivity contribution in [3.8, 4) is 5.75 Å². The van der Waals surface area contributed by atoms with Gasteiger partial charge in [0.05, 0.1) is 18.8 Å². The van der Waals surface area contributed by atoms with E-state index in [4.69, 9.17) is 19.7 Å². The Morgan fingerprint density at radius 2 is 1.88 bits per heavy atom. The fourth-order valence-electron chi connectivity index (χ4n) is 4.05. The molecule has 3 rings (SSSR count). The van der Waals surface area contributed by atoms with Crippen molar-refractivity contribution >= 4 is 11.9 Å². The molecule has 7 nitrogen and oxygen atoms in total. The summed E-state index contributed by atoms with van der Waals surface area (Å²) in [6, 6.07) is 11.4. The van der Waals surface area contributed by atoms with Gasteiger partial charge < -0.3 is 25.0 Å². The van der Waals surface area contributed by atoms with Crippen LogP contribution in [-0.2, 0) is 14.3 Å². The predicted octanol–water partition coefficient (Wildman–Crippen LogP) is 3.45. The zero-order valence-electron chi connectivity index (χ0n) is 18.1. The van der Waals surface area contributed by atoms with E-state index in [9.17, 15) is 14.0 Å². The number of carboxylic acid groups (broad SMARTS) is 1. The Balaban J connectivity index is 1.96. The summed E-state index contributed by atoms with van der Waals surface area (Å²) in [5.41, 5.74) is 1.71. The number of halogens is 1. The molecule has 0 aliphatic carbocycles. The van der Waals surface area contributed by atoms with Crippen LogP contribution in [0.4, 0.5) is 4.39 Å². The lowest BCUT2D eigenvalue weighted by Crippen LogP contribution is -2.51. The number of aliphatic hydroxyl groups excluding tert-OH is 1. The van der Waals surface area contributed by atoms with Gasteiger partial charge in [-0.15, -0.1) is 0 Å². The summed E-state index contributed by atoms with van der Waals surface area (Å²) in [5.74, 6) is -1.33. The summed E-state index contributed by atoms with van der Waals surface area (Å²) in [4.78, 5) is 23.3. The largest absolute Gasteiger partial charge is 0.482 e. The number of aryl methyl sites for hydroxylation is 1. The summed E-state index contributed by atoms with van der Waals surface area (Å²) in [6.07, 6.45) is -0.110. The van der Waals surface area contributed by atoms with Gasteiger partial charge in [-0.3, -0.25) is 4.79 Å². The van der Waals surface area contributed by atoms with E-state index in [-0.39, 0.29) is 24.8 Å². The molecule has 172 valence electrons. The number of carbonyl (C=O) groups is 2. The molecular weight excluding hydrogens is 417 g/mol. The van der Waals surface area contributed by atoms with Crippen molar-refractivity contribution in [3.05, 3.63) is 65.0 Å². The van der Waals surface area contributed by atoms with Gasteiger partial charge in [0.25, 0.3) is 0 Å². The average molecular weight is 445 g/mol. The van der Waals surface area contributed by atoms with E-state index in [2.05, 4.69) is 5.32 Å². The van der Waals surface area contributed by atoms with E-state index in [0.29, 0.717) is 24.2 Å². The Kier molecular flexibility index (Phi) is 7.48. The van der Waals surface area contributed by atoms with Crippen molar-refractivity contribution in [1.29, 1.82) is 0 Å². The Morgan fingerprint density at radius 1 is 1.19 bits per heavy atom. The molecule has 0 spiro atoms. The molecule has 8 heteroatoms. The highest BCUT2D eigenvalue weighted by Crippen LogP contribution is 2.46. The Morgan fingerprint density at radius 3 is 2.53 bits per heavy atom. The molecule has 0 radical (unpaired) electrons. The van der Waals surface area contributed by atoms with Crippen LogP contribution in [0, 0.1) is 12.7 Å². The van der Waals surface area contributed by atoms with Gasteiger partial charge in [0.15, 0.2) is 6.61 Å². The molecule has 2 aromatic carbocycles.